The molecular weight excluding hydrogens is 248 g/mol. The molecule has 0 atom stereocenters. The molecule has 0 aliphatic rings. The molecule has 2 aromatic rings. The van der Waals surface area contributed by atoms with Gasteiger partial charge in [-0.25, -0.2) is 0 Å². The molecule has 0 fully saturated rings. The molecule has 18 heavy (non-hydrogen) atoms. The van der Waals surface area contributed by atoms with E-state index >= 15 is 0 Å². The maximum absolute atomic E-state index is 10.8. The standard InChI is InChI=1S/C13H14N2O2S/c16-15(17)13-4-2-1-3-12(13)5-7-14-9-11-6-8-18-10-11/h1-4,6,8,10,14H,5,7,9H2. The number of hydrogen-bond acceptors (Lipinski definition) is 4. The zero-order valence-corrected chi connectivity index (χ0v) is 10.7. The Hall–Kier alpha value is -1.72. The minimum Gasteiger partial charge on any atom is -0.312 e. The Balaban J connectivity index is 1.85. The Bertz CT molecular complexity index is 511. The van der Waals surface area contributed by atoms with Gasteiger partial charge in [0, 0.05) is 18.2 Å². The Kier molecular flexibility index (Phi) is 4.44. The fraction of sp³-hybridized carbons (Fsp3) is 0.231. The van der Waals surface area contributed by atoms with Gasteiger partial charge in [0.2, 0.25) is 0 Å². The summed E-state index contributed by atoms with van der Waals surface area (Å²) in [6.07, 6.45) is 0.668. The highest BCUT2D eigenvalue weighted by Crippen LogP contribution is 2.17. The van der Waals surface area contributed by atoms with E-state index in [-0.39, 0.29) is 10.6 Å². The van der Waals surface area contributed by atoms with Crippen LogP contribution in [0.5, 0.6) is 0 Å². The third-order valence-electron chi connectivity index (χ3n) is 2.67. The van der Waals surface area contributed by atoms with Gasteiger partial charge in [-0.2, -0.15) is 11.3 Å². The van der Waals surface area contributed by atoms with Crippen LogP contribution in [0, 0.1) is 10.1 Å². The summed E-state index contributed by atoms with van der Waals surface area (Å²) >= 11 is 1.67. The lowest BCUT2D eigenvalue weighted by Crippen LogP contribution is -2.16. The van der Waals surface area contributed by atoms with E-state index in [1.165, 1.54) is 5.56 Å². The van der Waals surface area contributed by atoms with Crippen molar-refractivity contribution in [3.63, 3.8) is 0 Å². The van der Waals surface area contributed by atoms with Crippen LogP contribution in [0.1, 0.15) is 11.1 Å². The second-order valence-corrected chi connectivity index (χ2v) is 4.72. The first kappa shape index (κ1) is 12.7. The summed E-state index contributed by atoms with van der Waals surface area (Å²) in [4.78, 5) is 10.5. The number of nitro groups is 1. The quantitative estimate of drug-likeness (QED) is 0.494. The summed E-state index contributed by atoms with van der Waals surface area (Å²) in [5.74, 6) is 0. The molecule has 94 valence electrons. The number of hydrogen-bond donors (Lipinski definition) is 1. The number of rotatable bonds is 6. The van der Waals surface area contributed by atoms with Gasteiger partial charge in [0.1, 0.15) is 0 Å². The zero-order chi connectivity index (χ0) is 12.8. The highest BCUT2D eigenvalue weighted by molar-refractivity contribution is 7.07. The first-order valence-electron chi connectivity index (χ1n) is 5.71. The van der Waals surface area contributed by atoms with Crippen molar-refractivity contribution in [1.82, 2.24) is 5.32 Å². The van der Waals surface area contributed by atoms with E-state index in [0.29, 0.717) is 6.42 Å². The first-order valence-corrected chi connectivity index (χ1v) is 6.66. The van der Waals surface area contributed by atoms with Crippen LogP contribution in [0.2, 0.25) is 0 Å². The van der Waals surface area contributed by atoms with Crippen molar-refractivity contribution in [2.24, 2.45) is 0 Å². The molecule has 1 aromatic carbocycles. The van der Waals surface area contributed by atoms with Gasteiger partial charge in [0.15, 0.2) is 0 Å². The number of nitrogens with zero attached hydrogens (tertiary/aromatic N) is 1. The summed E-state index contributed by atoms with van der Waals surface area (Å²) in [5, 5.41) is 18.3. The van der Waals surface area contributed by atoms with E-state index in [9.17, 15) is 10.1 Å². The minimum atomic E-state index is -0.325. The number of thiophene rings is 1. The van der Waals surface area contributed by atoms with Gasteiger partial charge in [-0.1, -0.05) is 18.2 Å². The molecule has 0 aliphatic carbocycles. The molecule has 0 saturated carbocycles. The van der Waals surface area contributed by atoms with Crippen molar-refractivity contribution in [1.29, 1.82) is 0 Å². The fourth-order valence-corrected chi connectivity index (χ4v) is 2.42. The number of nitrogens with one attached hydrogen (secondary N) is 1. The van der Waals surface area contributed by atoms with Gasteiger partial charge in [-0.15, -0.1) is 0 Å². The lowest BCUT2D eigenvalue weighted by atomic mass is 10.1. The van der Waals surface area contributed by atoms with E-state index in [0.717, 1.165) is 18.7 Å². The summed E-state index contributed by atoms with van der Waals surface area (Å²) in [7, 11) is 0. The lowest BCUT2D eigenvalue weighted by Gasteiger charge is -2.04. The minimum absolute atomic E-state index is 0.204. The van der Waals surface area contributed by atoms with E-state index in [4.69, 9.17) is 0 Å². The molecule has 0 radical (unpaired) electrons. The van der Waals surface area contributed by atoms with Crippen LogP contribution in [0.15, 0.2) is 41.1 Å². The van der Waals surface area contributed by atoms with Crippen LogP contribution in [0.25, 0.3) is 0 Å². The van der Waals surface area contributed by atoms with Crippen molar-refractivity contribution < 1.29 is 4.92 Å². The van der Waals surface area contributed by atoms with Gasteiger partial charge in [0.25, 0.3) is 5.69 Å². The molecular formula is C13H14N2O2S. The third-order valence-corrected chi connectivity index (χ3v) is 3.40. The molecule has 1 aromatic heterocycles. The maximum atomic E-state index is 10.8. The van der Waals surface area contributed by atoms with Crippen LogP contribution >= 0.6 is 11.3 Å². The normalized spacial score (nSPS) is 10.4. The molecule has 1 heterocycles. The summed E-state index contributed by atoms with van der Waals surface area (Å²) < 4.78 is 0. The number of nitro benzene ring substituents is 1. The van der Waals surface area contributed by atoms with Crippen LogP contribution in [0.4, 0.5) is 5.69 Å². The predicted molar refractivity (Wildman–Crippen MR) is 72.8 cm³/mol. The zero-order valence-electron chi connectivity index (χ0n) is 9.83. The molecule has 0 saturated heterocycles. The topological polar surface area (TPSA) is 55.2 Å². The van der Waals surface area contributed by atoms with Gasteiger partial charge >= 0.3 is 0 Å². The molecule has 4 nitrogen and oxygen atoms in total. The highest BCUT2D eigenvalue weighted by Gasteiger charge is 2.11. The Morgan fingerprint density at radius 3 is 2.83 bits per heavy atom. The Morgan fingerprint density at radius 2 is 2.11 bits per heavy atom. The first-order chi connectivity index (χ1) is 8.77. The van der Waals surface area contributed by atoms with E-state index in [2.05, 4.69) is 16.8 Å². The SMILES string of the molecule is O=[N+]([O-])c1ccccc1CCNCc1ccsc1. The molecule has 0 spiro atoms. The number of benzene rings is 1. The Morgan fingerprint density at radius 1 is 1.28 bits per heavy atom. The van der Waals surface area contributed by atoms with Crippen molar-refractivity contribution in [3.8, 4) is 0 Å². The molecule has 5 heteroatoms. The molecule has 0 unspecified atom stereocenters. The fourth-order valence-electron chi connectivity index (χ4n) is 1.75. The van der Waals surface area contributed by atoms with Crippen LogP contribution in [-0.2, 0) is 13.0 Å². The van der Waals surface area contributed by atoms with Gasteiger partial charge < -0.3 is 5.32 Å². The lowest BCUT2D eigenvalue weighted by molar-refractivity contribution is -0.385. The van der Waals surface area contributed by atoms with Gasteiger partial charge in [0.05, 0.1) is 4.92 Å². The number of para-hydroxylation sites is 1. The van der Waals surface area contributed by atoms with E-state index < -0.39 is 0 Å². The highest BCUT2D eigenvalue weighted by atomic mass is 32.1. The predicted octanol–water partition coefficient (Wildman–Crippen LogP) is 2.99. The van der Waals surface area contributed by atoms with Crippen molar-refractivity contribution in [2.45, 2.75) is 13.0 Å². The molecule has 0 amide bonds. The molecule has 0 bridgehead atoms. The summed E-state index contributed by atoms with van der Waals surface area (Å²) in [6.45, 7) is 1.55. The second kappa shape index (κ2) is 6.28. The summed E-state index contributed by atoms with van der Waals surface area (Å²) in [6, 6.07) is 8.96. The average molecular weight is 262 g/mol. The Labute approximate surface area is 109 Å². The summed E-state index contributed by atoms with van der Waals surface area (Å²) in [5.41, 5.74) is 2.23. The van der Waals surface area contributed by atoms with Crippen molar-refractivity contribution >= 4 is 17.0 Å². The van der Waals surface area contributed by atoms with Crippen LogP contribution in [0.3, 0.4) is 0 Å². The smallest absolute Gasteiger partial charge is 0.272 e. The molecule has 0 aliphatic heterocycles. The van der Waals surface area contributed by atoms with Crippen molar-refractivity contribution in [2.75, 3.05) is 6.54 Å². The molecule has 1 N–H and O–H groups in total. The van der Waals surface area contributed by atoms with Crippen molar-refractivity contribution in [3.05, 3.63) is 62.3 Å². The van der Waals surface area contributed by atoms with Gasteiger partial charge in [-0.3, -0.25) is 10.1 Å². The van der Waals surface area contributed by atoms with Crippen LogP contribution < -0.4 is 5.32 Å². The van der Waals surface area contributed by atoms with E-state index in [1.54, 1.807) is 23.5 Å². The molecule has 2 rings (SSSR count). The van der Waals surface area contributed by atoms with E-state index in [1.807, 2.05) is 17.5 Å². The average Bonchev–Trinajstić information content (AvgIpc) is 2.88. The monoisotopic (exact) mass is 262 g/mol. The van der Waals surface area contributed by atoms with Crippen LogP contribution in [-0.4, -0.2) is 11.5 Å². The maximum Gasteiger partial charge on any atom is 0.272 e. The third kappa shape index (κ3) is 3.38. The van der Waals surface area contributed by atoms with Gasteiger partial charge in [-0.05, 0) is 35.4 Å². The largest absolute Gasteiger partial charge is 0.312 e. The second-order valence-electron chi connectivity index (χ2n) is 3.94.